The Labute approximate surface area is 187 Å². The molecule has 2 aromatic carbocycles. The van der Waals surface area contributed by atoms with Crippen LogP contribution in [0.15, 0.2) is 54.6 Å². The third-order valence-electron chi connectivity index (χ3n) is 6.95. The first-order valence-corrected chi connectivity index (χ1v) is 11.9. The van der Waals surface area contributed by atoms with Crippen molar-refractivity contribution in [3.05, 3.63) is 60.2 Å². The zero-order chi connectivity index (χ0) is 21.7. The van der Waals surface area contributed by atoms with Gasteiger partial charge in [0.25, 0.3) is 0 Å². The number of nitrogens with zero attached hydrogens (tertiary/aromatic N) is 1. The Hall–Kier alpha value is -2.33. The van der Waals surface area contributed by atoms with Gasteiger partial charge in [0.1, 0.15) is 12.4 Å². The zero-order valence-electron chi connectivity index (χ0n) is 19.0. The fourth-order valence-corrected chi connectivity index (χ4v) is 5.54. The van der Waals surface area contributed by atoms with Crippen molar-refractivity contribution in [2.45, 2.75) is 51.4 Å². The van der Waals surface area contributed by atoms with E-state index in [4.69, 9.17) is 4.74 Å². The van der Waals surface area contributed by atoms with Gasteiger partial charge in [0, 0.05) is 25.3 Å². The summed E-state index contributed by atoms with van der Waals surface area (Å²) in [5.41, 5.74) is 1.56. The van der Waals surface area contributed by atoms with Gasteiger partial charge in [-0.2, -0.15) is 0 Å². The minimum absolute atomic E-state index is 0.109. The molecule has 4 rings (SSSR count). The molecule has 1 saturated carbocycles. The van der Waals surface area contributed by atoms with Crippen molar-refractivity contribution in [3.63, 3.8) is 0 Å². The number of ether oxygens (including phenoxy) is 1. The topological polar surface area (TPSA) is 41.6 Å². The summed E-state index contributed by atoms with van der Waals surface area (Å²) in [6, 6.07) is 18.1. The second-order valence-corrected chi connectivity index (χ2v) is 9.69. The lowest BCUT2D eigenvalue weighted by Crippen LogP contribution is -2.40. The Morgan fingerprint density at radius 2 is 1.65 bits per heavy atom. The lowest BCUT2D eigenvalue weighted by molar-refractivity contribution is -0.121. The Morgan fingerprint density at radius 3 is 2.29 bits per heavy atom. The third kappa shape index (κ3) is 5.30. The number of carbonyl (C=O) groups is 1. The molecule has 1 saturated heterocycles. The Bertz CT molecular complexity index is 833. The molecule has 0 bridgehead atoms. The molecule has 1 aliphatic carbocycles. The largest absolute Gasteiger partial charge is 0.492 e. The summed E-state index contributed by atoms with van der Waals surface area (Å²) >= 11 is 0. The third-order valence-corrected chi connectivity index (χ3v) is 6.95. The van der Waals surface area contributed by atoms with Crippen LogP contribution in [-0.2, 0) is 10.2 Å². The molecule has 2 atom stereocenters. The van der Waals surface area contributed by atoms with Crippen molar-refractivity contribution in [1.82, 2.24) is 4.90 Å². The maximum absolute atomic E-state index is 13.3. The first-order chi connectivity index (χ1) is 15.0. The second-order valence-electron chi connectivity index (χ2n) is 9.69. The van der Waals surface area contributed by atoms with Crippen LogP contribution in [0.2, 0.25) is 0 Å². The van der Waals surface area contributed by atoms with Crippen LogP contribution in [0, 0.1) is 11.8 Å². The maximum atomic E-state index is 13.3. The van der Waals surface area contributed by atoms with Crippen molar-refractivity contribution < 1.29 is 9.53 Å². The predicted octanol–water partition coefficient (Wildman–Crippen LogP) is 5.49. The van der Waals surface area contributed by atoms with Crippen molar-refractivity contribution in [2.75, 3.05) is 31.6 Å². The molecule has 0 radical (unpaired) electrons. The summed E-state index contributed by atoms with van der Waals surface area (Å²) in [7, 11) is 0. The number of carbonyl (C=O) groups excluding carboxylic acids is 1. The second kappa shape index (κ2) is 9.86. The SMILES string of the molecule is CC1CC(C)CN(CCOc2ccc(NC(=O)C3(c4ccccc4)CCCC3)cc2)C1. The number of amides is 1. The van der Waals surface area contributed by atoms with Gasteiger partial charge in [-0.15, -0.1) is 0 Å². The van der Waals surface area contributed by atoms with E-state index in [0.717, 1.165) is 61.1 Å². The van der Waals surface area contributed by atoms with Gasteiger partial charge in [0.05, 0.1) is 5.41 Å². The van der Waals surface area contributed by atoms with Crippen LogP contribution < -0.4 is 10.1 Å². The van der Waals surface area contributed by atoms with Gasteiger partial charge >= 0.3 is 0 Å². The van der Waals surface area contributed by atoms with Crippen LogP contribution in [-0.4, -0.2) is 37.0 Å². The van der Waals surface area contributed by atoms with E-state index in [2.05, 4.69) is 36.2 Å². The van der Waals surface area contributed by atoms with Crippen molar-refractivity contribution >= 4 is 11.6 Å². The Morgan fingerprint density at radius 1 is 1.00 bits per heavy atom. The van der Waals surface area contributed by atoms with Crippen molar-refractivity contribution in [2.24, 2.45) is 11.8 Å². The van der Waals surface area contributed by atoms with E-state index in [1.54, 1.807) is 0 Å². The first kappa shape index (κ1) is 21.9. The van der Waals surface area contributed by atoms with E-state index < -0.39 is 5.41 Å². The van der Waals surface area contributed by atoms with Gasteiger partial charge in [-0.3, -0.25) is 9.69 Å². The number of benzene rings is 2. The summed E-state index contributed by atoms with van der Waals surface area (Å²) in [6.45, 7) is 8.67. The molecule has 0 aromatic heterocycles. The number of hydrogen-bond acceptors (Lipinski definition) is 3. The number of hydrogen-bond donors (Lipinski definition) is 1. The molecule has 31 heavy (non-hydrogen) atoms. The lowest BCUT2D eigenvalue weighted by atomic mass is 9.78. The molecule has 2 aromatic rings. The van der Waals surface area contributed by atoms with E-state index in [9.17, 15) is 4.79 Å². The molecule has 2 aliphatic rings. The highest BCUT2D eigenvalue weighted by Gasteiger charge is 2.42. The number of rotatable bonds is 7. The van der Waals surface area contributed by atoms with Crippen LogP contribution in [0.3, 0.4) is 0 Å². The van der Waals surface area contributed by atoms with Crippen LogP contribution in [0.25, 0.3) is 0 Å². The molecular formula is C27H36N2O2. The van der Waals surface area contributed by atoms with Gasteiger partial charge in [-0.1, -0.05) is 57.0 Å². The van der Waals surface area contributed by atoms with E-state index >= 15 is 0 Å². The molecule has 1 heterocycles. The fourth-order valence-electron chi connectivity index (χ4n) is 5.54. The number of anilines is 1. The molecule has 1 N–H and O–H groups in total. The van der Waals surface area contributed by atoms with E-state index in [1.165, 1.54) is 19.5 Å². The average Bonchev–Trinajstić information content (AvgIpc) is 3.26. The molecule has 1 amide bonds. The number of piperidine rings is 1. The van der Waals surface area contributed by atoms with Gasteiger partial charge in [-0.05, 0) is 60.9 Å². The average molecular weight is 421 g/mol. The number of likely N-dealkylation sites (tertiary alicyclic amines) is 1. The summed E-state index contributed by atoms with van der Waals surface area (Å²) in [4.78, 5) is 15.8. The molecular weight excluding hydrogens is 384 g/mol. The quantitative estimate of drug-likeness (QED) is 0.644. The molecule has 2 fully saturated rings. The summed E-state index contributed by atoms with van der Waals surface area (Å²) in [5.74, 6) is 2.50. The Balaban J connectivity index is 1.31. The van der Waals surface area contributed by atoms with E-state index in [1.807, 2.05) is 42.5 Å². The van der Waals surface area contributed by atoms with Crippen LogP contribution in [0.5, 0.6) is 5.75 Å². The summed E-state index contributed by atoms with van der Waals surface area (Å²) < 4.78 is 5.97. The predicted molar refractivity (Wildman–Crippen MR) is 127 cm³/mol. The van der Waals surface area contributed by atoms with Crippen LogP contribution >= 0.6 is 0 Å². The number of nitrogens with one attached hydrogen (secondary N) is 1. The molecule has 0 spiro atoms. The molecule has 2 unspecified atom stereocenters. The fraction of sp³-hybridized carbons (Fsp3) is 0.519. The van der Waals surface area contributed by atoms with E-state index in [0.29, 0.717) is 6.61 Å². The molecule has 4 nitrogen and oxygen atoms in total. The normalized spacial score (nSPS) is 23.4. The highest BCUT2D eigenvalue weighted by molar-refractivity contribution is 5.99. The Kier molecular flexibility index (Phi) is 6.96. The molecule has 4 heteroatoms. The highest BCUT2D eigenvalue weighted by atomic mass is 16.5. The molecule has 166 valence electrons. The van der Waals surface area contributed by atoms with Crippen LogP contribution in [0.1, 0.15) is 51.5 Å². The minimum Gasteiger partial charge on any atom is -0.492 e. The van der Waals surface area contributed by atoms with Gasteiger partial charge in [0.2, 0.25) is 5.91 Å². The van der Waals surface area contributed by atoms with E-state index in [-0.39, 0.29) is 5.91 Å². The first-order valence-electron chi connectivity index (χ1n) is 11.9. The lowest BCUT2D eigenvalue weighted by Gasteiger charge is -2.34. The zero-order valence-corrected chi connectivity index (χ0v) is 19.0. The standard InChI is InChI=1S/C27H36N2O2/c1-21-18-22(2)20-29(19-21)16-17-31-25-12-10-24(11-13-25)28-26(30)27(14-6-7-15-27)23-8-4-3-5-9-23/h3-5,8-13,21-22H,6-7,14-20H2,1-2H3,(H,28,30). The maximum Gasteiger partial charge on any atom is 0.235 e. The van der Waals surface area contributed by atoms with Crippen molar-refractivity contribution in [3.8, 4) is 5.75 Å². The highest BCUT2D eigenvalue weighted by Crippen LogP contribution is 2.42. The van der Waals surface area contributed by atoms with Crippen molar-refractivity contribution in [1.29, 1.82) is 0 Å². The van der Waals surface area contributed by atoms with Gasteiger partial charge in [0.15, 0.2) is 0 Å². The monoisotopic (exact) mass is 420 g/mol. The van der Waals surface area contributed by atoms with Gasteiger partial charge < -0.3 is 10.1 Å². The van der Waals surface area contributed by atoms with Crippen LogP contribution in [0.4, 0.5) is 5.69 Å². The smallest absolute Gasteiger partial charge is 0.235 e. The molecule has 1 aliphatic heterocycles. The summed E-state index contributed by atoms with van der Waals surface area (Å²) in [5, 5.41) is 3.17. The summed E-state index contributed by atoms with van der Waals surface area (Å²) in [6.07, 6.45) is 5.36. The van der Waals surface area contributed by atoms with Gasteiger partial charge in [-0.25, -0.2) is 0 Å². The minimum atomic E-state index is -0.404.